The quantitative estimate of drug-likeness (QED) is 0.309. The zero-order valence-electron chi connectivity index (χ0n) is 21.2. The fourth-order valence-corrected chi connectivity index (χ4v) is 5.77. The van der Waals surface area contributed by atoms with E-state index in [2.05, 4.69) is 30.0 Å². The number of nitrogens with one attached hydrogen (secondary N) is 2. The van der Waals surface area contributed by atoms with Crippen molar-refractivity contribution in [3.8, 4) is 22.6 Å². The molecule has 39 heavy (non-hydrogen) atoms. The Kier molecular flexibility index (Phi) is 5.76. The van der Waals surface area contributed by atoms with Gasteiger partial charge in [0.1, 0.15) is 17.0 Å². The maximum Gasteiger partial charge on any atom is 0.261 e. The van der Waals surface area contributed by atoms with Crippen LogP contribution in [0, 0.1) is 5.82 Å². The summed E-state index contributed by atoms with van der Waals surface area (Å²) in [7, 11) is 0. The summed E-state index contributed by atoms with van der Waals surface area (Å²) in [6.07, 6.45) is 8.40. The zero-order chi connectivity index (χ0) is 26.6. The van der Waals surface area contributed by atoms with Gasteiger partial charge < -0.3 is 9.88 Å². The van der Waals surface area contributed by atoms with Crippen molar-refractivity contribution in [2.45, 2.75) is 38.2 Å². The van der Waals surface area contributed by atoms with Crippen LogP contribution in [0.3, 0.4) is 0 Å². The third-order valence-corrected chi connectivity index (χ3v) is 7.70. The predicted molar refractivity (Wildman–Crippen MR) is 143 cm³/mol. The average Bonchev–Trinajstić information content (AvgIpc) is 3.64. The number of H-pyrrole nitrogens is 2. The molecule has 0 saturated carbocycles. The molecule has 8 nitrogen and oxygen atoms in total. The number of fused-ring (bicyclic) bond motifs is 2. The molecule has 0 unspecified atom stereocenters. The summed E-state index contributed by atoms with van der Waals surface area (Å²) < 4.78 is 42.5. The second-order valence-corrected chi connectivity index (χ2v) is 10.5. The number of hydrogen-bond acceptors (Lipinski definition) is 6. The molecule has 1 aromatic carbocycles. The van der Waals surface area contributed by atoms with Gasteiger partial charge in [0.15, 0.2) is 11.5 Å². The molecule has 6 heterocycles. The van der Waals surface area contributed by atoms with Gasteiger partial charge in [-0.05, 0) is 43.0 Å². The SMILES string of the molecule is Fc1cc2[nH]nc(-c3nc4nccc(N5CCCCC5)c4[nH]3)c2cc1-c1cncc(CN2CCC(F)(F)C2)c1. The van der Waals surface area contributed by atoms with Crippen molar-refractivity contribution < 1.29 is 13.2 Å². The van der Waals surface area contributed by atoms with Crippen molar-refractivity contribution in [3.05, 3.63) is 54.2 Å². The van der Waals surface area contributed by atoms with Crippen LogP contribution in [-0.4, -0.2) is 67.1 Å². The van der Waals surface area contributed by atoms with Crippen LogP contribution in [0.5, 0.6) is 0 Å². The highest BCUT2D eigenvalue weighted by atomic mass is 19.3. The molecule has 0 radical (unpaired) electrons. The minimum Gasteiger partial charge on any atom is -0.370 e. The Morgan fingerprint density at radius 3 is 2.72 bits per heavy atom. The summed E-state index contributed by atoms with van der Waals surface area (Å²) in [6.45, 7) is 2.37. The summed E-state index contributed by atoms with van der Waals surface area (Å²) in [5.74, 6) is -2.55. The number of aromatic amines is 2. The van der Waals surface area contributed by atoms with E-state index in [1.807, 2.05) is 12.1 Å². The number of halogens is 3. The molecule has 2 N–H and O–H groups in total. The number of piperidine rings is 1. The molecule has 0 atom stereocenters. The Labute approximate surface area is 222 Å². The highest BCUT2D eigenvalue weighted by Gasteiger charge is 2.38. The molecule has 11 heteroatoms. The fourth-order valence-electron chi connectivity index (χ4n) is 5.77. The summed E-state index contributed by atoms with van der Waals surface area (Å²) in [5, 5.41) is 8.08. The number of alkyl halides is 2. The smallest absolute Gasteiger partial charge is 0.261 e. The van der Waals surface area contributed by atoms with Crippen molar-refractivity contribution in [1.82, 2.24) is 35.0 Å². The number of aromatic nitrogens is 6. The summed E-state index contributed by atoms with van der Waals surface area (Å²) >= 11 is 0. The molecule has 7 rings (SSSR count). The lowest BCUT2D eigenvalue weighted by Crippen LogP contribution is -2.29. The number of nitrogens with zero attached hydrogens (tertiary/aromatic N) is 6. The first kappa shape index (κ1) is 24.1. The second-order valence-electron chi connectivity index (χ2n) is 10.5. The Morgan fingerprint density at radius 1 is 1.03 bits per heavy atom. The molecule has 0 spiro atoms. The van der Waals surface area contributed by atoms with Gasteiger partial charge in [-0.1, -0.05) is 0 Å². The minimum absolute atomic E-state index is 0.147. The van der Waals surface area contributed by atoms with E-state index in [4.69, 9.17) is 4.98 Å². The molecular formula is C28H27F3N8. The number of rotatable bonds is 5. The van der Waals surface area contributed by atoms with Crippen LogP contribution >= 0.6 is 0 Å². The van der Waals surface area contributed by atoms with E-state index in [0.717, 1.165) is 42.7 Å². The lowest BCUT2D eigenvalue weighted by atomic mass is 10.0. The molecule has 2 fully saturated rings. The highest BCUT2D eigenvalue weighted by Crippen LogP contribution is 2.34. The first-order chi connectivity index (χ1) is 18.9. The van der Waals surface area contributed by atoms with Crippen molar-refractivity contribution >= 4 is 27.8 Å². The molecule has 0 aliphatic carbocycles. The minimum atomic E-state index is -2.67. The van der Waals surface area contributed by atoms with Crippen LogP contribution in [0.2, 0.25) is 0 Å². The van der Waals surface area contributed by atoms with Crippen LogP contribution in [-0.2, 0) is 6.54 Å². The molecule has 2 aliphatic heterocycles. The number of pyridine rings is 2. The molecule has 2 saturated heterocycles. The summed E-state index contributed by atoms with van der Waals surface area (Å²) in [4.78, 5) is 20.9. The zero-order valence-corrected chi connectivity index (χ0v) is 21.2. The van der Waals surface area contributed by atoms with Gasteiger partial charge in [-0.2, -0.15) is 5.10 Å². The Morgan fingerprint density at radius 2 is 1.90 bits per heavy atom. The average molecular weight is 533 g/mol. The van der Waals surface area contributed by atoms with Gasteiger partial charge in [-0.15, -0.1) is 0 Å². The number of likely N-dealkylation sites (tertiary alicyclic amines) is 1. The van der Waals surface area contributed by atoms with Crippen LogP contribution in [0.25, 0.3) is 44.7 Å². The maximum absolute atomic E-state index is 15.3. The van der Waals surface area contributed by atoms with Crippen molar-refractivity contribution in [3.63, 3.8) is 0 Å². The van der Waals surface area contributed by atoms with E-state index < -0.39 is 11.7 Å². The van der Waals surface area contributed by atoms with Crippen LogP contribution < -0.4 is 4.90 Å². The number of imidazole rings is 1. The molecule has 0 bridgehead atoms. The molecule has 4 aromatic heterocycles. The Hall–Kier alpha value is -3.99. The van der Waals surface area contributed by atoms with Crippen molar-refractivity contribution in [1.29, 1.82) is 0 Å². The first-order valence-corrected chi connectivity index (χ1v) is 13.3. The largest absolute Gasteiger partial charge is 0.370 e. The van der Waals surface area contributed by atoms with Gasteiger partial charge in [0.2, 0.25) is 0 Å². The standard InChI is InChI=1S/C28H27F3N8/c29-21-12-22-20(11-19(21)18-10-17(13-32-14-18)15-38-9-5-28(30,31)16-38)24(37-36-22)27-34-25-23(4-6-33-26(25)35-27)39-7-2-1-3-8-39/h4,6,10-14H,1-3,5,7-9,15-16H2,(H,36,37)(H,33,34,35). The van der Waals surface area contributed by atoms with E-state index in [9.17, 15) is 8.78 Å². The van der Waals surface area contributed by atoms with Crippen molar-refractivity contribution in [2.75, 3.05) is 31.1 Å². The second kappa shape index (κ2) is 9.33. The number of anilines is 1. The van der Waals surface area contributed by atoms with Gasteiger partial charge in [-0.25, -0.2) is 23.1 Å². The van der Waals surface area contributed by atoms with Gasteiger partial charge in [-0.3, -0.25) is 15.0 Å². The maximum atomic E-state index is 15.3. The third kappa shape index (κ3) is 4.50. The van der Waals surface area contributed by atoms with E-state index in [1.54, 1.807) is 29.6 Å². The van der Waals surface area contributed by atoms with E-state index in [0.29, 0.717) is 52.3 Å². The Bertz CT molecular complexity index is 1670. The Balaban J connectivity index is 1.24. The first-order valence-electron chi connectivity index (χ1n) is 13.3. The van der Waals surface area contributed by atoms with E-state index in [-0.39, 0.29) is 13.0 Å². The lowest BCUT2D eigenvalue weighted by Gasteiger charge is -2.28. The molecule has 5 aromatic rings. The van der Waals surface area contributed by atoms with Gasteiger partial charge in [0.25, 0.3) is 5.92 Å². The van der Waals surface area contributed by atoms with E-state index >= 15 is 4.39 Å². The van der Waals surface area contributed by atoms with Gasteiger partial charge in [0.05, 0.1) is 17.7 Å². The molecular weight excluding hydrogens is 505 g/mol. The summed E-state index contributed by atoms with van der Waals surface area (Å²) in [6, 6.07) is 6.97. The fraction of sp³-hybridized carbons (Fsp3) is 0.357. The number of benzene rings is 1. The monoisotopic (exact) mass is 532 g/mol. The van der Waals surface area contributed by atoms with Crippen LogP contribution in [0.15, 0.2) is 42.9 Å². The van der Waals surface area contributed by atoms with Gasteiger partial charge >= 0.3 is 0 Å². The predicted octanol–water partition coefficient (Wildman–Crippen LogP) is 5.53. The van der Waals surface area contributed by atoms with Crippen LogP contribution in [0.1, 0.15) is 31.2 Å². The topological polar surface area (TPSA) is 89.6 Å². The van der Waals surface area contributed by atoms with E-state index in [1.165, 1.54) is 12.5 Å². The lowest BCUT2D eigenvalue weighted by molar-refractivity contribution is 0.0115. The highest BCUT2D eigenvalue weighted by molar-refractivity contribution is 5.97. The normalized spacial score (nSPS) is 18.0. The third-order valence-electron chi connectivity index (χ3n) is 7.70. The molecule has 2 aliphatic rings. The number of hydrogen-bond donors (Lipinski definition) is 2. The van der Waals surface area contributed by atoms with Crippen molar-refractivity contribution in [2.24, 2.45) is 0 Å². The molecule has 200 valence electrons. The molecule has 0 amide bonds. The summed E-state index contributed by atoms with van der Waals surface area (Å²) in [5.41, 5.74) is 5.33. The van der Waals surface area contributed by atoms with Gasteiger partial charge in [0, 0.05) is 73.8 Å². The van der Waals surface area contributed by atoms with Crippen LogP contribution in [0.4, 0.5) is 18.9 Å².